The highest BCUT2D eigenvalue weighted by molar-refractivity contribution is 6.06. The lowest BCUT2D eigenvalue weighted by molar-refractivity contribution is 0.0490. The number of imidazole rings is 1. The molecule has 0 unspecified atom stereocenters. The average Bonchev–Trinajstić information content (AvgIpc) is 3.21. The monoisotopic (exact) mass is 506 g/mol. The number of unbranched alkanes of at least 4 members (excludes halogenated alkanes) is 1. The van der Waals surface area contributed by atoms with Crippen molar-refractivity contribution in [1.29, 1.82) is 0 Å². The van der Waals surface area contributed by atoms with Crippen LogP contribution in [0.2, 0.25) is 0 Å². The van der Waals surface area contributed by atoms with Gasteiger partial charge in [0.15, 0.2) is 5.82 Å². The number of aryl methyl sites for hydroxylation is 1. The van der Waals surface area contributed by atoms with Crippen LogP contribution in [0, 0.1) is 0 Å². The minimum absolute atomic E-state index is 0.191. The molecule has 200 valence electrons. The Bertz CT molecular complexity index is 1230. The Morgan fingerprint density at radius 3 is 2.59 bits per heavy atom. The van der Waals surface area contributed by atoms with Crippen LogP contribution in [0.5, 0.6) is 0 Å². The zero-order chi connectivity index (χ0) is 26.4. The number of para-hydroxylation sites is 1. The van der Waals surface area contributed by atoms with Gasteiger partial charge in [0, 0.05) is 37.0 Å². The van der Waals surface area contributed by atoms with Crippen molar-refractivity contribution >= 4 is 33.8 Å². The second kappa shape index (κ2) is 11.9. The predicted molar refractivity (Wildman–Crippen MR) is 151 cm³/mol. The second-order valence-corrected chi connectivity index (χ2v) is 11.0. The molecule has 0 bridgehead atoms. The number of carbonyl (C=O) groups is 1. The van der Waals surface area contributed by atoms with Crippen LogP contribution in [0.1, 0.15) is 72.0 Å². The maximum atomic E-state index is 12.0. The first-order valence-electron chi connectivity index (χ1n) is 13.7. The van der Waals surface area contributed by atoms with Gasteiger partial charge in [0.05, 0.1) is 11.0 Å². The quantitative estimate of drug-likeness (QED) is 0.331. The third-order valence-electron chi connectivity index (χ3n) is 6.87. The number of fused-ring (bicyclic) bond motifs is 3. The van der Waals surface area contributed by atoms with Crippen LogP contribution in [-0.4, -0.2) is 44.9 Å². The number of anilines is 1. The number of nitrogens with one attached hydrogen (secondary N) is 2. The summed E-state index contributed by atoms with van der Waals surface area (Å²) < 4.78 is 7.69. The Labute approximate surface area is 220 Å². The Balaban J connectivity index is 1.34. The normalized spacial score (nSPS) is 18.6. The van der Waals surface area contributed by atoms with Crippen LogP contribution in [-0.2, 0) is 17.7 Å². The fourth-order valence-electron chi connectivity index (χ4n) is 5.04. The van der Waals surface area contributed by atoms with E-state index in [2.05, 4.69) is 45.3 Å². The highest BCUT2D eigenvalue weighted by Gasteiger charge is 2.24. The standard InChI is InChI=1S/C29H42N6O2/c1-5-6-13-24-34-25-26(22-11-7-8-12-23(22)33-27(25)30)35(24)19-10-9-18-31-20-14-16-21(17-15-20)32-28(36)37-29(2,3)4/h7-12,20-21,31H,5-6,13-19H2,1-4H3,(H2,30,33)(H,32,36)/b10-9+. The van der Waals surface area contributed by atoms with E-state index in [-0.39, 0.29) is 12.1 Å². The van der Waals surface area contributed by atoms with Crippen LogP contribution < -0.4 is 16.4 Å². The Morgan fingerprint density at radius 2 is 1.86 bits per heavy atom. The summed E-state index contributed by atoms with van der Waals surface area (Å²) in [4.78, 5) is 21.5. The van der Waals surface area contributed by atoms with Crippen LogP contribution in [0.15, 0.2) is 36.4 Å². The SMILES string of the molecule is CCCCc1nc2c(N)nc3ccccc3c2n1C/C=C/CNC1CCC(NC(=O)OC(C)(C)C)CC1. The Hall–Kier alpha value is -3.13. The maximum absolute atomic E-state index is 12.0. The van der Waals surface area contributed by atoms with Crippen molar-refractivity contribution in [3.05, 3.63) is 42.2 Å². The summed E-state index contributed by atoms with van der Waals surface area (Å²) in [5, 5.41) is 7.76. The van der Waals surface area contributed by atoms with Gasteiger partial charge in [-0.15, -0.1) is 0 Å². The van der Waals surface area contributed by atoms with Gasteiger partial charge in [-0.25, -0.2) is 14.8 Å². The molecule has 4 rings (SSSR count). The Morgan fingerprint density at radius 1 is 1.14 bits per heavy atom. The minimum Gasteiger partial charge on any atom is -0.444 e. The van der Waals surface area contributed by atoms with Gasteiger partial charge in [-0.3, -0.25) is 0 Å². The second-order valence-electron chi connectivity index (χ2n) is 11.0. The van der Waals surface area contributed by atoms with E-state index in [1.165, 1.54) is 0 Å². The van der Waals surface area contributed by atoms with E-state index in [0.717, 1.165) is 85.8 Å². The van der Waals surface area contributed by atoms with Crippen molar-refractivity contribution in [2.24, 2.45) is 0 Å². The number of amides is 1. The molecule has 2 heterocycles. The Kier molecular flexibility index (Phi) is 8.69. The first kappa shape index (κ1) is 26.9. The van der Waals surface area contributed by atoms with Crippen LogP contribution in [0.25, 0.3) is 21.9 Å². The van der Waals surface area contributed by atoms with E-state index in [4.69, 9.17) is 15.5 Å². The summed E-state index contributed by atoms with van der Waals surface area (Å²) in [6, 6.07) is 8.80. The lowest BCUT2D eigenvalue weighted by Gasteiger charge is -2.30. The van der Waals surface area contributed by atoms with Crippen molar-refractivity contribution in [3.8, 4) is 0 Å². The van der Waals surface area contributed by atoms with Gasteiger partial charge in [0.2, 0.25) is 0 Å². The highest BCUT2D eigenvalue weighted by Crippen LogP contribution is 2.29. The lowest BCUT2D eigenvalue weighted by Crippen LogP contribution is -2.44. The number of nitrogens with two attached hydrogens (primary N) is 1. The van der Waals surface area contributed by atoms with Crippen molar-refractivity contribution in [1.82, 2.24) is 25.2 Å². The van der Waals surface area contributed by atoms with E-state index < -0.39 is 5.60 Å². The molecule has 0 atom stereocenters. The van der Waals surface area contributed by atoms with Gasteiger partial charge >= 0.3 is 6.09 Å². The fraction of sp³-hybridized carbons (Fsp3) is 0.552. The first-order chi connectivity index (χ1) is 17.7. The molecule has 0 radical (unpaired) electrons. The van der Waals surface area contributed by atoms with Gasteiger partial charge in [-0.2, -0.15) is 0 Å². The number of ether oxygens (including phenoxy) is 1. The summed E-state index contributed by atoms with van der Waals surface area (Å²) in [6.07, 6.45) is 11.2. The van der Waals surface area contributed by atoms with Crippen LogP contribution in [0.3, 0.4) is 0 Å². The summed E-state index contributed by atoms with van der Waals surface area (Å²) in [7, 11) is 0. The lowest BCUT2D eigenvalue weighted by atomic mass is 9.91. The minimum atomic E-state index is -0.467. The van der Waals surface area contributed by atoms with E-state index in [1.54, 1.807) is 0 Å². The molecule has 1 aliphatic rings. The number of aromatic nitrogens is 3. The van der Waals surface area contributed by atoms with Gasteiger partial charge in [0.1, 0.15) is 16.9 Å². The van der Waals surface area contributed by atoms with E-state index >= 15 is 0 Å². The number of benzene rings is 1. The number of hydrogen-bond donors (Lipinski definition) is 3. The molecule has 0 spiro atoms. The molecule has 2 aromatic heterocycles. The maximum Gasteiger partial charge on any atom is 0.407 e. The van der Waals surface area contributed by atoms with Crippen molar-refractivity contribution in [2.45, 2.75) is 96.9 Å². The zero-order valence-electron chi connectivity index (χ0n) is 22.7. The van der Waals surface area contributed by atoms with Gasteiger partial charge < -0.3 is 25.7 Å². The number of nitrogens with zero attached hydrogens (tertiary/aromatic N) is 3. The number of allylic oxidation sites excluding steroid dienone is 1. The largest absolute Gasteiger partial charge is 0.444 e. The molecular weight excluding hydrogens is 464 g/mol. The zero-order valence-corrected chi connectivity index (χ0v) is 22.7. The molecule has 0 aliphatic heterocycles. The van der Waals surface area contributed by atoms with E-state index in [9.17, 15) is 4.79 Å². The summed E-state index contributed by atoms with van der Waals surface area (Å²) in [6.45, 7) is 9.42. The molecule has 37 heavy (non-hydrogen) atoms. The summed E-state index contributed by atoms with van der Waals surface area (Å²) in [5.74, 6) is 1.56. The molecule has 1 amide bonds. The molecule has 1 aromatic carbocycles. The average molecular weight is 507 g/mol. The topological polar surface area (TPSA) is 107 Å². The number of pyridine rings is 1. The highest BCUT2D eigenvalue weighted by atomic mass is 16.6. The van der Waals surface area contributed by atoms with Crippen molar-refractivity contribution < 1.29 is 9.53 Å². The molecule has 8 heteroatoms. The van der Waals surface area contributed by atoms with Crippen LogP contribution in [0.4, 0.5) is 10.6 Å². The van der Waals surface area contributed by atoms with E-state index in [1.807, 2.05) is 39.0 Å². The third-order valence-corrected chi connectivity index (χ3v) is 6.87. The number of alkyl carbamates (subject to hydrolysis) is 1. The molecule has 1 saturated carbocycles. The number of carbonyl (C=O) groups excluding carboxylic acids is 1. The molecule has 8 nitrogen and oxygen atoms in total. The molecular formula is C29H42N6O2. The number of hydrogen-bond acceptors (Lipinski definition) is 6. The molecule has 1 aliphatic carbocycles. The van der Waals surface area contributed by atoms with Gasteiger partial charge in [-0.05, 0) is 58.9 Å². The smallest absolute Gasteiger partial charge is 0.407 e. The van der Waals surface area contributed by atoms with Gasteiger partial charge in [-0.1, -0.05) is 43.7 Å². The third kappa shape index (κ3) is 7.01. The van der Waals surface area contributed by atoms with Crippen LogP contribution >= 0.6 is 0 Å². The first-order valence-corrected chi connectivity index (χ1v) is 13.7. The number of rotatable bonds is 9. The summed E-state index contributed by atoms with van der Waals surface area (Å²) in [5.41, 5.74) is 8.62. The summed E-state index contributed by atoms with van der Waals surface area (Å²) >= 11 is 0. The number of nitrogen functional groups attached to an aromatic ring is 1. The molecule has 3 aromatic rings. The van der Waals surface area contributed by atoms with Gasteiger partial charge in [0.25, 0.3) is 0 Å². The van der Waals surface area contributed by atoms with Crippen molar-refractivity contribution in [2.75, 3.05) is 12.3 Å². The fourth-order valence-corrected chi connectivity index (χ4v) is 5.04. The van der Waals surface area contributed by atoms with Crippen molar-refractivity contribution in [3.63, 3.8) is 0 Å². The molecule has 4 N–H and O–H groups in total. The predicted octanol–water partition coefficient (Wildman–Crippen LogP) is 5.49. The molecule has 0 saturated heterocycles. The van der Waals surface area contributed by atoms with E-state index in [0.29, 0.717) is 11.9 Å². The molecule has 1 fully saturated rings.